The van der Waals surface area contributed by atoms with E-state index in [2.05, 4.69) is 25.5 Å². The van der Waals surface area contributed by atoms with E-state index < -0.39 is 11.4 Å². The minimum Gasteiger partial charge on any atom is -0.364 e. The van der Waals surface area contributed by atoms with Gasteiger partial charge in [-0.3, -0.25) is 14.2 Å². The highest BCUT2D eigenvalue weighted by Crippen LogP contribution is 2.29. The van der Waals surface area contributed by atoms with Crippen molar-refractivity contribution in [3.05, 3.63) is 58.4 Å². The number of halogens is 1. The Balaban J connectivity index is 1.59. The lowest BCUT2D eigenvalue weighted by Crippen LogP contribution is -2.30. The molecule has 0 bridgehead atoms. The van der Waals surface area contributed by atoms with E-state index >= 15 is 0 Å². The standard InChI is InChI=1S/C18H16ClN7OS/c1-18(2,15-10(19)4-3-7-21-15)23-14-6-5-11(24-25-14)12-8-26-13(16(20)27)9-28-17(26)22-12/h3-9H,1-2H3,(H2,20,27)(H,23,25). The minimum atomic E-state index is -0.540. The third kappa shape index (κ3) is 3.30. The van der Waals surface area contributed by atoms with E-state index in [1.807, 2.05) is 26.0 Å². The minimum absolute atomic E-state index is 0.388. The van der Waals surface area contributed by atoms with Crippen LogP contribution in [0.3, 0.4) is 0 Å². The summed E-state index contributed by atoms with van der Waals surface area (Å²) in [4.78, 5) is 21.0. The number of carbonyl (C=O) groups is 1. The number of carbonyl (C=O) groups excluding carboxylic acids is 1. The molecule has 10 heteroatoms. The molecule has 28 heavy (non-hydrogen) atoms. The highest BCUT2D eigenvalue weighted by molar-refractivity contribution is 7.15. The number of nitrogens with one attached hydrogen (secondary N) is 1. The lowest BCUT2D eigenvalue weighted by atomic mass is 10.00. The third-order valence-electron chi connectivity index (χ3n) is 4.18. The molecule has 0 fully saturated rings. The van der Waals surface area contributed by atoms with Gasteiger partial charge in [0.2, 0.25) is 0 Å². The SMILES string of the molecule is CC(C)(Nc1ccc(-c2cn3c(C(N)=O)csc3n2)nn1)c1ncccc1Cl. The molecule has 0 radical (unpaired) electrons. The van der Waals surface area contributed by atoms with Crippen molar-refractivity contribution in [2.45, 2.75) is 19.4 Å². The van der Waals surface area contributed by atoms with E-state index in [1.165, 1.54) is 11.3 Å². The number of anilines is 1. The van der Waals surface area contributed by atoms with E-state index in [9.17, 15) is 4.79 Å². The van der Waals surface area contributed by atoms with Crippen LogP contribution in [0.1, 0.15) is 30.0 Å². The topological polar surface area (TPSA) is 111 Å². The van der Waals surface area contributed by atoms with Crippen molar-refractivity contribution in [3.8, 4) is 11.4 Å². The van der Waals surface area contributed by atoms with Crippen LogP contribution in [0.2, 0.25) is 5.02 Å². The summed E-state index contributed by atoms with van der Waals surface area (Å²) in [7, 11) is 0. The molecule has 0 aliphatic carbocycles. The zero-order chi connectivity index (χ0) is 19.9. The average Bonchev–Trinajstić information content (AvgIpc) is 3.22. The fourth-order valence-corrected chi connectivity index (χ4v) is 4.07. The van der Waals surface area contributed by atoms with Gasteiger partial charge in [0.05, 0.1) is 16.3 Å². The molecule has 4 heterocycles. The molecular formula is C18H16ClN7OS. The first kappa shape index (κ1) is 18.3. The van der Waals surface area contributed by atoms with Crippen LogP contribution in [-0.4, -0.2) is 30.5 Å². The summed E-state index contributed by atoms with van der Waals surface area (Å²) in [5, 5.41) is 14.0. The molecule has 4 aromatic heterocycles. The molecule has 0 aliphatic heterocycles. The van der Waals surface area contributed by atoms with Crippen LogP contribution in [0.25, 0.3) is 16.3 Å². The molecule has 4 aromatic rings. The van der Waals surface area contributed by atoms with E-state index in [4.69, 9.17) is 17.3 Å². The number of primary amides is 1. The van der Waals surface area contributed by atoms with Gasteiger partial charge in [-0.15, -0.1) is 21.5 Å². The van der Waals surface area contributed by atoms with Gasteiger partial charge in [-0.1, -0.05) is 11.6 Å². The Kier molecular flexibility index (Phi) is 4.48. The first-order valence-electron chi connectivity index (χ1n) is 8.35. The van der Waals surface area contributed by atoms with Gasteiger partial charge in [0.15, 0.2) is 4.96 Å². The Morgan fingerprint density at radius 1 is 1.25 bits per heavy atom. The molecule has 0 aromatic carbocycles. The van der Waals surface area contributed by atoms with E-state index in [0.29, 0.717) is 32.9 Å². The van der Waals surface area contributed by atoms with E-state index in [1.54, 1.807) is 34.3 Å². The number of hydrogen-bond donors (Lipinski definition) is 2. The van der Waals surface area contributed by atoms with Gasteiger partial charge in [0.1, 0.15) is 22.9 Å². The number of hydrogen-bond acceptors (Lipinski definition) is 7. The van der Waals surface area contributed by atoms with Crippen molar-refractivity contribution in [1.29, 1.82) is 0 Å². The Morgan fingerprint density at radius 2 is 2.07 bits per heavy atom. The lowest BCUT2D eigenvalue weighted by molar-refractivity contribution is 0.0995. The second-order valence-corrected chi connectivity index (χ2v) is 7.90. The smallest absolute Gasteiger partial charge is 0.266 e. The average molecular weight is 414 g/mol. The van der Waals surface area contributed by atoms with Gasteiger partial charge in [0, 0.05) is 17.8 Å². The number of imidazole rings is 1. The second-order valence-electron chi connectivity index (χ2n) is 6.65. The maximum Gasteiger partial charge on any atom is 0.266 e. The molecule has 0 unspecified atom stereocenters. The van der Waals surface area contributed by atoms with Crippen LogP contribution in [0, 0.1) is 0 Å². The Hall–Kier alpha value is -3.04. The van der Waals surface area contributed by atoms with Crippen molar-refractivity contribution in [3.63, 3.8) is 0 Å². The van der Waals surface area contributed by atoms with Crippen molar-refractivity contribution < 1.29 is 4.79 Å². The molecule has 0 saturated carbocycles. The number of nitrogens with zero attached hydrogens (tertiary/aromatic N) is 5. The third-order valence-corrected chi connectivity index (χ3v) is 5.32. The first-order valence-corrected chi connectivity index (χ1v) is 9.60. The van der Waals surface area contributed by atoms with Crippen LogP contribution in [0.4, 0.5) is 5.82 Å². The Labute approximate surface area is 169 Å². The van der Waals surface area contributed by atoms with E-state index in [-0.39, 0.29) is 0 Å². The van der Waals surface area contributed by atoms with Gasteiger partial charge in [-0.25, -0.2) is 4.98 Å². The molecule has 0 saturated heterocycles. The number of fused-ring (bicyclic) bond motifs is 1. The van der Waals surface area contributed by atoms with Gasteiger partial charge in [-0.05, 0) is 38.1 Å². The summed E-state index contributed by atoms with van der Waals surface area (Å²) in [6.07, 6.45) is 3.42. The van der Waals surface area contributed by atoms with Gasteiger partial charge >= 0.3 is 0 Å². The summed E-state index contributed by atoms with van der Waals surface area (Å²) in [6, 6.07) is 7.20. The quantitative estimate of drug-likeness (QED) is 0.519. The molecular weight excluding hydrogens is 398 g/mol. The Bertz CT molecular complexity index is 1170. The summed E-state index contributed by atoms with van der Waals surface area (Å²) in [5.41, 5.74) is 7.14. The number of rotatable bonds is 5. The lowest BCUT2D eigenvalue weighted by Gasteiger charge is -2.26. The summed E-state index contributed by atoms with van der Waals surface area (Å²) in [5.74, 6) is 0.0746. The predicted molar refractivity (Wildman–Crippen MR) is 109 cm³/mol. The van der Waals surface area contributed by atoms with Crippen molar-refractivity contribution in [2.75, 3.05) is 5.32 Å². The zero-order valence-corrected chi connectivity index (χ0v) is 16.6. The van der Waals surface area contributed by atoms with Crippen molar-refractivity contribution >= 4 is 39.6 Å². The van der Waals surface area contributed by atoms with Gasteiger partial charge in [-0.2, -0.15) is 0 Å². The number of pyridine rings is 1. The fourth-order valence-electron chi connectivity index (χ4n) is 2.85. The summed E-state index contributed by atoms with van der Waals surface area (Å²) >= 11 is 7.60. The molecule has 0 atom stereocenters. The molecule has 3 N–H and O–H groups in total. The van der Waals surface area contributed by atoms with Gasteiger partial charge < -0.3 is 11.1 Å². The van der Waals surface area contributed by atoms with Crippen molar-refractivity contribution in [1.82, 2.24) is 24.6 Å². The molecule has 4 rings (SSSR count). The zero-order valence-electron chi connectivity index (χ0n) is 15.0. The van der Waals surface area contributed by atoms with Crippen LogP contribution < -0.4 is 11.1 Å². The highest BCUT2D eigenvalue weighted by Gasteiger charge is 2.25. The molecule has 0 aliphatic rings. The van der Waals surface area contributed by atoms with E-state index in [0.717, 1.165) is 5.69 Å². The normalized spacial score (nSPS) is 11.7. The molecule has 8 nitrogen and oxygen atoms in total. The first-order chi connectivity index (χ1) is 13.3. The van der Waals surface area contributed by atoms with Crippen LogP contribution in [0.5, 0.6) is 0 Å². The number of amides is 1. The predicted octanol–water partition coefficient (Wildman–Crippen LogP) is 3.35. The highest BCUT2D eigenvalue weighted by atomic mass is 35.5. The Morgan fingerprint density at radius 3 is 2.75 bits per heavy atom. The number of aromatic nitrogens is 5. The monoisotopic (exact) mass is 413 g/mol. The summed E-state index contributed by atoms with van der Waals surface area (Å²) < 4.78 is 1.66. The van der Waals surface area contributed by atoms with Gasteiger partial charge in [0.25, 0.3) is 5.91 Å². The van der Waals surface area contributed by atoms with Crippen molar-refractivity contribution in [2.24, 2.45) is 5.73 Å². The fraction of sp³-hybridized carbons (Fsp3) is 0.167. The maximum atomic E-state index is 11.5. The molecule has 0 spiro atoms. The molecule has 1 amide bonds. The summed E-state index contributed by atoms with van der Waals surface area (Å²) in [6.45, 7) is 3.93. The van der Waals surface area contributed by atoms with Crippen LogP contribution in [-0.2, 0) is 5.54 Å². The largest absolute Gasteiger partial charge is 0.364 e. The number of nitrogens with two attached hydrogens (primary N) is 1. The van der Waals surface area contributed by atoms with Crippen LogP contribution >= 0.6 is 22.9 Å². The maximum absolute atomic E-state index is 11.5. The number of thiazole rings is 1. The van der Waals surface area contributed by atoms with Crippen LogP contribution in [0.15, 0.2) is 42.0 Å². The second kappa shape index (κ2) is 6.84. The molecule has 142 valence electrons.